The van der Waals surface area contributed by atoms with Gasteiger partial charge in [0.15, 0.2) is 27.9 Å². The van der Waals surface area contributed by atoms with Crippen molar-refractivity contribution in [1.82, 2.24) is 29.2 Å². The molecule has 0 saturated carbocycles. The number of carbonyl (C=O) groups excluding carboxylic acids is 1. The molecule has 0 aliphatic carbocycles. The van der Waals surface area contributed by atoms with Gasteiger partial charge in [-0.25, -0.2) is 19.0 Å². The van der Waals surface area contributed by atoms with E-state index in [9.17, 15) is 22.2 Å². The molecule has 0 bridgehead atoms. The van der Waals surface area contributed by atoms with E-state index < -0.39 is 22.5 Å². The van der Waals surface area contributed by atoms with Gasteiger partial charge in [-0.2, -0.15) is 18.3 Å². The van der Waals surface area contributed by atoms with Gasteiger partial charge < -0.3 is 0 Å². The maximum atomic E-state index is 13.0. The number of pyridine rings is 1. The Morgan fingerprint density at radius 1 is 1.21 bits per heavy atom. The van der Waals surface area contributed by atoms with E-state index in [-0.39, 0.29) is 44.9 Å². The summed E-state index contributed by atoms with van der Waals surface area (Å²) in [6, 6.07) is 3.56. The molecule has 8 nitrogen and oxygen atoms in total. The van der Waals surface area contributed by atoms with Crippen molar-refractivity contribution in [3.63, 3.8) is 0 Å². The average molecular weight is 422 g/mol. The first-order chi connectivity index (χ1) is 13.7. The maximum Gasteiger partial charge on any atom is 0.417 e. The molecule has 0 spiro atoms. The first kappa shape index (κ1) is 19.2. The number of hydrogen-bond acceptors (Lipinski definition) is 6. The summed E-state index contributed by atoms with van der Waals surface area (Å²) >= 11 is 0. The molecule has 4 heterocycles. The van der Waals surface area contributed by atoms with E-state index in [1.807, 2.05) is 0 Å². The number of alkyl halides is 3. The fourth-order valence-electron chi connectivity index (χ4n) is 2.84. The lowest BCUT2D eigenvalue weighted by atomic mass is 10.3. The zero-order valence-electron chi connectivity index (χ0n) is 15.1. The second-order valence-corrected chi connectivity index (χ2v) is 7.74. The second-order valence-electron chi connectivity index (χ2n) is 6.09. The van der Waals surface area contributed by atoms with E-state index in [4.69, 9.17) is 0 Å². The molecule has 0 aliphatic heterocycles. The third-order valence-corrected chi connectivity index (χ3v) is 5.45. The minimum atomic E-state index is -4.53. The fourth-order valence-corrected chi connectivity index (χ4v) is 3.70. The highest BCUT2D eigenvalue weighted by Gasteiger charge is 2.31. The number of Topliss-reactive ketones (excluding diaryl/α,β-unsaturated/α-hetero) is 1. The molecule has 0 amide bonds. The topological polar surface area (TPSA) is 94.5 Å². The zero-order valence-corrected chi connectivity index (χ0v) is 16.0. The van der Waals surface area contributed by atoms with E-state index in [1.54, 1.807) is 6.92 Å². The average Bonchev–Trinajstić information content (AvgIpc) is 3.26. The Bertz CT molecular complexity index is 1290. The number of fused-ring (bicyclic) bond motifs is 2. The van der Waals surface area contributed by atoms with Gasteiger partial charge in [0, 0.05) is 25.1 Å². The fraction of sp³-hybridized carbons (Fsp3) is 0.235. The maximum absolute atomic E-state index is 13.0. The van der Waals surface area contributed by atoms with Crippen LogP contribution in [0.25, 0.3) is 22.7 Å². The van der Waals surface area contributed by atoms with Gasteiger partial charge in [0.2, 0.25) is 0 Å². The molecule has 4 aromatic rings. The molecule has 0 fully saturated rings. The molecule has 1 unspecified atom stereocenters. The van der Waals surface area contributed by atoms with Crippen LogP contribution in [0.3, 0.4) is 0 Å². The summed E-state index contributed by atoms with van der Waals surface area (Å²) in [5.74, 6) is -0.0277. The van der Waals surface area contributed by atoms with Crippen molar-refractivity contribution in [3.8, 4) is 11.4 Å². The molecule has 4 rings (SSSR count). The van der Waals surface area contributed by atoms with E-state index in [0.717, 1.165) is 16.8 Å². The number of hydrogen-bond donors (Lipinski definition) is 0. The summed E-state index contributed by atoms with van der Waals surface area (Å²) in [4.78, 5) is 20.4. The molecular weight excluding hydrogens is 409 g/mol. The van der Waals surface area contributed by atoms with Gasteiger partial charge in [0.25, 0.3) is 0 Å². The normalized spacial score (nSPS) is 13.3. The molecule has 4 aromatic heterocycles. The molecule has 0 N–H and O–H groups in total. The van der Waals surface area contributed by atoms with Crippen LogP contribution in [0.1, 0.15) is 29.9 Å². The molecule has 29 heavy (non-hydrogen) atoms. The Balaban J connectivity index is 2.01. The predicted molar refractivity (Wildman–Crippen MR) is 96.9 cm³/mol. The van der Waals surface area contributed by atoms with E-state index >= 15 is 0 Å². The lowest BCUT2D eigenvalue weighted by Gasteiger charge is -2.05. The quantitative estimate of drug-likeness (QED) is 0.470. The standard InChI is InChI=1S/C17H13F3N6O2S/c1-3-29(28)16-13(15-21-7-6-11(9(2)27)26(15)24-16)14-22-12-5-4-10(17(18,19)20)8-25(12)23-14/h4-8H,3H2,1-2H3. The number of nitrogens with zero attached hydrogens (tertiary/aromatic N) is 6. The van der Waals surface area contributed by atoms with Gasteiger partial charge in [-0.15, -0.1) is 5.10 Å². The van der Waals surface area contributed by atoms with E-state index in [2.05, 4.69) is 20.2 Å². The van der Waals surface area contributed by atoms with Crippen molar-refractivity contribution in [1.29, 1.82) is 0 Å². The van der Waals surface area contributed by atoms with Crippen molar-refractivity contribution >= 4 is 27.9 Å². The van der Waals surface area contributed by atoms with Crippen molar-refractivity contribution in [3.05, 3.63) is 41.9 Å². The van der Waals surface area contributed by atoms with Crippen molar-refractivity contribution in [2.75, 3.05) is 5.75 Å². The van der Waals surface area contributed by atoms with Gasteiger partial charge in [-0.1, -0.05) is 6.92 Å². The van der Waals surface area contributed by atoms with Gasteiger partial charge in [0.1, 0.15) is 11.3 Å². The summed E-state index contributed by atoms with van der Waals surface area (Å²) in [6.07, 6.45) is -2.31. The number of carbonyl (C=O) groups is 1. The summed E-state index contributed by atoms with van der Waals surface area (Å²) in [7, 11) is -1.55. The Morgan fingerprint density at radius 2 is 1.97 bits per heavy atom. The first-order valence-corrected chi connectivity index (χ1v) is 9.73. The molecule has 1 atom stereocenters. The van der Waals surface area contributed by atoms with Crippen LogP contribution in [0.5, 0.6) is 0 Å². The van der Waals surface area contributed by atoms with Crippen molar-refractivity contribution < 1.29 is 22.2 Å². The van der Waals surface area contributed by atoms with Crippen LogP contribution >= 0.6 is 0 Å². The molecular formula is C17H13F3N6O2S. The summed E-state index contributed by atoms with van der Waals surface area (Å²) in [5, 5.41) is 8.51. The third kappa shape index (κ3) is 3.18. The Kier molecular flexibility index (Phi) is 4.45. The molecule has 150 valence electrons. The van der Waals surface area contributed by atoms with E-state index in [1.165, 1.54) is 29.8 Å². The molecule has 0 radical (unpaired) electrons. The smallest absolute Gasteiger partial charge is 0.293 e. The van der Waals surface area contributed by atoms with Gasteiger partial charge >= 0.3 is 6.18 Å². The van der Waals surface area contributed by atoms with Crippen LogP contribution in [0.15, 0.2) is 35.6 Å². The second kappa shape index (κ2) is 6.72. The predicted octanol–water partition coefficient (Wildman–Crippen LogP) is 2.79. The van der Waals surface area contributed by atoms with Crippen molar-refractivity contribution in [2.45, 2.75) is 25.0 Å². The number of aromatic nitrogens is 6. The largest absolute Gasteiger partial charge is 0.417 e. The summed E-state index contributed by atoms with van der Waals surface area (Å²) in [6.45, 7) is 3.05. The van der Waals surface area contributed by atoms with Crippen LogP contribution in [-0.2, 0) is 17.0 Å². The number of ketones is 1. The highest BCUT2D eigenvalue weighted by molar-refractivity contribution is 7.85. The summed E-state index contributed by atoms with van der Waals surface area (Å²) in [5.41, 5.74) is -0.0790. The monoisotopic (exact) mass is 422 g/mol. The molecule has 0 aliphatic rings. The van der Waals surface area contributed by atoms with E-state index in [0.29, 0.717) is 0 Å². The van der Waals surface area contributed by atoms with Crippen LogP contribution in [-0.4, -0.2) is 44.9 Å². The number of halogens is 3. The van der Waals surface area contributed by atoms with Crippen LogP contribution in [0, 0.1) is 0 Å². The molecule has 0 aromatic carbocycles. The Hall–Kier alpha value is -3.15. The van der Waals surface area contributed by atoms with Crippen LogP contribution in [0.4, 0.5) is 13.2 Å². The van der Waals surface area contributed by atoms with Gasteiger partial charge in [-0.3, -0.25) is 9.00 Å². The van der Waals surface area contributed by atoms with Gasteiger partial charge in [-0.05, 0) is 18.2 Å². The zero-order chi connectivity index (χ0) is 20.9. The Morgan fingerprint density at radius 3 is 2.62 bits per heavy atom. The first-order valence-electron chi connectivity index (χ1n) is 8.41. The minimum Gasteiger partial charge on any atom is -0.293 e. The minimum absolute atomic E-state index is 0.0179. The lowest BCUT2D eigenvalue weighted by molar-refractivity contribution is -0.137. The molecule has 0 saturated heterocycles. The van der Waals surface area contributed by atoms with Crippen LogP contribution in [0.2, 0.25) is 0 Å². The highest BCUT2D eigenvalue weighted by Crippen LogP contribution is 2.31. The summed E-state index contributed by atoms with van der Waals surface area (Å²) < 4.78 is 53.8. The SMILES string of the molecule is CCS(=O)c1nn2c(C(C)=O)ccnc2c1-c1nc2ccc(C(F)(F)F)cn2n1. The lowest BCUT2D eigenvalue weighted by Crippen LogP contribution is -2.06. The van der Waals surface area contributed by atoms with Gasteiger partial charge in [0.05, 0.1) is 16.4 Å². The highest BCUT2D eigenvalue weighted by atomic mass is 32.2. The number of rotatable bonds is 4. The van der Waals surface area contributed by atoms with Crippen molar-refractivity contribution in [2.24, 2.45) is 0 Å². The Labute approximate surface area is 163 Å². The third-order valence-electron chi connectivity index (χ3n) is 4.21. The molecule has 12 heteroatoms. The van der Waals surface area contributed by atoms with Crippen LogP contribution < -0.4 is 0 Å².